The average Bonchev–Trinajstić information content (AvgIpc) is 3.15. The zero-order chi connectivity index (χ0) is 28.3. The standard InChI is InChI=1S/C28H43N3O6Si/c1-18(2)16-29-25(34)20(15-19-11-9-8-10-12-19)23-21(17-36-38(6,7)28(3,4)5)37-26(24(23)33)31-14-13-22(32)30-27(31)35/h8-14,18,20-21,23-24,26,33H,15-17H2,1-7H3,(H,29,34)(H,30,32,35)/t20-,21-,23-,24-,26-/m1/s1. The number of rotatable bonds is 10. The minimum atomic E-state index is -2.19. The molecule has 1 fully saturated rings. The summed E-state index contributed by atoms with van der Waals surface area (Å²) in [5, 5.41) is 14.6. The molecular weight excluding hydrogens is 502 g/mol. The first-order chi connectivity index (χ1) is 17.7. The number of hydrogen-bond acceptors (Lipinski definition) is 6. The highest BCUT2D eigenvalue weighted by atomic mass is 28.4. The van der Waals surface area contributed by atoms with Crippen molar-refractivity contribution in [3.63, 3.8) is 0 Å². The van der Waals surface area contributed by atoms with Gasteiger partial charge in [0.05, 0.1) is 12.7 Å². The normalized spacial score (nSPS) is 23.0. The smallest absolute Gasteiger partial charge is 0.330 e. The number of aromatic amines is 1. The van der Waals surface area contributed by atoms with E-state index in [1.165, 1.54) is 16.8 Å². The van der Waals surface area contributed by atoms with Crippen molar-refractivity contribution in [1.29, 1.82) is 0 Å². The quantitative estimate of drug-likeness (QED) is 0.395. The SMILES string of the molecule is CC(C)CNC(=O)[C@H](Cc1ccccc1)[C@H]1[C@@H](O)[C@H](n2ccc(=O)[nH]c2=O)O[C@@H]1CO[Si](C)(C)C(C)(C)C. The fourth-order valence-corrected chi connectivity index (χ4v) is 5.49. The van der Waals surface area contributed by atoms with Gasteiger partial charge in [0.1, 0.15) is 6.10 Å². The van der Waals surface area contributed by atoms with Crippen molar-refractivity contribution in [2.45, 2.75) is 77.6 Å². The molecule has 3 rings (SSSR count). The molecule has 1 aliphatic heterocycles. The topological polar surface area (TPSA) is 123 Å². The number of aromatic nitrogens is 2. The van der Waals surface area contributed by atoms with Gasteiger partial charge in [-0.2, -0.15) is 0 Å². The van der Waals surface area contributed by atoms with Gasteiger partial charge in [-0.15, -0.1) is 0 Å². The highest BCUT2D eigenvalue weighted by Gasteiger charge is 2.51. The molecule has 0 unspecified atom stereocenters. The Kier molecular flexibility index (Phi) is 9.56. The van der Waals surface area contributed by atoms with Crippen LogP contribution in [0, 0.1) is 17.8 Å². The Hall–Kier alpha value is -2.53. The van der Waals surface area contributed by atoms with E-state index in [0.717, 1.165) is 5.56 Å². The van der Waals surface area contributed by atoms with Crippen molar-refractivity contribution in [3.05, 3.63) is 69.0 Å². The molecule has 1 amide bonds. The lowest BCUT2D eigenvalue weighted by Crippen LogP contribution is -2.47. The Balaban J connectivity index is 2.02. The van der Waals surface area contributed by atoms with Crippen LogP contribution in [-0.2, 0) is 20.4 Å². The number of hydrogen-bond donors (Lipinski definition) is 3. The van der Waals surface area contributed by atoms with Gasteiger partial charge in [-0.05, 0) is 36.0 Å². The van der Waals surface area contributed by atoms with Crippen LogP contribution in [0.15, 0.2) is 52.2 Å². The third-order valence-electron chi connectivity index (χ3n) is 7.75. The van der Waals surface area contributed by atoms with Gasteiger partial charge in [0.25, 0.3) is 5.56 Å². The summed E-state index contributed by atoms with van der Waals surface area (Å²) in [4.78, 5) is 40.1. The molecule has 3 N–H and O–H groups in total. The minimum absolute atomic E-state index is 0.0486. The number of ether oxygens (including phenoxy) is 1. The third-order valence-corrected chi connectivity index (χ3v) is 12.3. The number of nitrogens with one attached hydrogen (secondary N) is 2. The first-order valence-corrected chi connectivity index (χ1v) is 16.2. The molecule has 210 valence electrons. The largest absolute Gasteiger partial charge is 0.414 e. The summed E-state index contributed by atoms with van der Waals surface area (Å²) in [6, 6.07) is 10.9. The van der Waals surface area contributed by atoms with Gasteiger partial charge in [-0.1, -0.05) is 65.0 Å². The van der Waals surface area contributed by atoms with Gasteiger partial charge in [-0.3, -0.25) is 19.1 Å². The molecule has 0 radical (unpaired) electrons. The molecule has 0 aliphatic carbocycles. The van der Waals surface area contributed by atoms with E-state index in [0.29, 0.717) is 13.0 Å². The average molecular weight is 546 g/mol. The first-order valence-electron chi connectivity index (χ1n) is 13.3. The van der Waals surface area contributed by atoms with E-state index in [4.69, 9.17) is 9.16 Å². The molecule has 38 heavy (non-hydrogen) atoms. The zero-order valence-corrected chi connectivity index (χ0v) is 24.6. The Morgan fingerprint density at radius 2 is 1.84 bits per heavy atom. The molecule has 2 aromatic rings. The van der Waals surface area contributed by atoms with Gasteiger partial charge in [0.2, 0.25) is 5.91 Å². The number of aliphatic hydroxyl groups is 1. The Bertz CT molecular complexity index is 1190. The zero-order valence-electron chi connectivity index (χ0n) is 23.6. The summed E-state index contributed by atoms with van der Waals surface area (Å²) in [5.41, 5.74) is -0.267. The predicted octanol–water partition coefficient (Wildman–Crippen LogP) is 3.06. The third kappa shape index (κ3) is 7.10. The van der Waals surface area contributed by atoms with Crippen LogP contribution in [0.1, 0.15) is 46.4 Å². The summed E-state index contributed by atoms with van der Waals surface area (Å²) < 4.78 is 14.0. The van der Waals surface area contributed by atoms with Crippen molar-refractivity contribution in [1.82, 2.24) is 14.9 Å². The van der Waals surface area contributed by atoms with Gasteiger partial charge in [0.15, 0.2) is 14.5 Å². The number of benzene rings is 1. The molecule has 0 spiro atoms. The van der Waals surface area contributed by atoms with Crippen LogP contribution in [0.4, 0.5) is 0 Å². The number of amides is 1. The minimum Gasteiger partial charge on any atom is -0.414 e. The van der Waals surface area contributed by atoms with Crippen LogP contribution >= 0.6 is 0 Å². The number of carbonyl (C=O) groups is 1. The molecular formula is C28H43N3O6Si. The molecule has 1 aromatic heterocycles. The lowest BCUT2D eigenvalue weighted by atomic mass is 9.80. The highest BCUT2D eigenvalue weighted by Crippen LogP contribution is 2.42. The summed E-state index contributed by atoms with van der Waals surface area (Å²) in [6.45, 7) is 15.4. The second kappa shape index (κ2) is 12.1. The Labute approximate surface area is 225 Å². The van der Waals surface area contributed by atoms with E-state index in [2.05, 4.69) is 44.2 Å². The van der Waals surface area contributed by atoms with Gasteiger partial charge in [-0.25, -0.2) is 4.79 Å². The summed E-state index contributed by atoms with van der Waals surface area (Å²) >= 11 is 0. The maximum Gasteiger partial charge on any atom is 0.330 e. The molecule has 2 heterocycles. The van der Waals surface area contributed by atoms with Crippen LogP contribution in [0.3, 0.4) is 0 Å². The van der Waals surface area contributed by atoms with Crippen LogP contribution in [0.2, 0.25) is 18.1 Å². The molecule has 1 aromatic carbocycles. The van der Waals surface area contributed by atoms with Crippen molar-refractivity contribution in [2.24, 2.45) is 17.8 Å². The second-order valence-electron chi connectivity index (χ2n) is 12.2. The maximum atomic E-state index is 13.6. The van der Waals surface area contributed by atoms with Gasteiger partial charge >= 0.3 is 5.69 Å². The number of carbonyl (C=O) groups excluding carboxylic acids is 1. The number of H-pyrrole nitrogens is 1. The summed E-state index contributed by atoms with van der Waals surface area (Å²) in [7, 11) is -2.19. The van der Waals surface area contributed by atoms with E-state index >= 15 is 0 Å². The predicted molar refractivity (Wildman–Crippen MR) is 149 cm³/mol. The van der Waals surface area contributed by atoms with Crippen LogP contribution < -0.4 is 16.6 Å². The lowest BCUT2D eigenvalue weighted by Gasteiger charge is -2.38. The van der Waals surface area contributed by atoms with Crippen molar-refractivity contribution >= 4 is 14.2 Å². The van der Waals surface area contributed by atoms with Crippen molar-refractivity contribution < 1.29 is 19.1 Å². The van der Waals surface area contributed by atoms with Crippen LogP contribution in [-0.4, -0.2) is 54.2 Å². The van der Waals surface area contributed by atoms with E-state index in [1.54, 1.807) is 0 Å². The van der Waals surface area contributed by atoms with Gasteiger partial charge < -0.3 is 19.6 Å². The highest BCUT2D eigenvalue weighted by molar-refractivity contribution is 6.74. The first kappa shape index (κ1) is 30.0. The van der Waals surface area contributed by atoms with Crippen molar-refractivity contribution in [2.75, 3.05) is 13.2 Å². The van der Waals surface area contributed by atoms with Crippen LogP contribution in [0.5, 0.6) is 0 Å². The van der Waals surface area contributed by atoms with E-state index in [1.807, 2.05) is 44.2 Å². The molecule has 1 saturated heterocycles. The molecule has 0 bridgehead atoms. The van der Waals surface area contributed by atoms with Gasteiger partial charge in [0, 0.05) is 30.6 Å². The van der Waals surface area contributed by atoms with E-state index in [9.17, 15) is 19.5 Å². The second-order valence-corrected chi connectivity index (χ2v) is 17.0. The van der Waals surface area contributed by atoms with Crippen LogP contribution in [0.25, 0.3) is 0 Å². The van der Waals surface area contributed by atoms with E-state index < -0.39 is 49.8 Å². The summed E-state index contributed by atoms with van der Waals surface area (Å²) in [6.07, 6.45) is -1.21. The number of aliphatic hydroxyl groups excluding tert-OH is 1. The summed E-state index contributed by atoms with van der Waals surface area (Å²) in [5.74, 6) is -1.22. The number of nitrogens with zero attached hydrogens (tertiary/aromatic N) is 1. The maximum absolute atomic E-state index is 13.6. The Morgan fingerprint density at radius 1 is 1.18 bits per heavy atom. The fourth-order valence-electron chi connectivity index (χ4n) is 4.48. The fraction of sp³-hybridized carbons (Fsp3) is 0.607. The van der Waals surface area contributed by atoms with Crippen molar-refractivity contribution in [3.8, 4) is 0 Å². The molecule has 9 nitrogen and oxygen atoms in total. The molecule has 10 heteroatoms. The molecule has 0 saturated carbocycles. The molecule has 5 atom stereocenters. The Morgan fingerprint density at radius 3 is 2.42 bits per heavy atom. The molecule has 1 aliphatic rings. The lowest BCUT2D eigenvalue weighted by molar-refractivity contribution is -0.129. The monoisotopic (exact) mass is 545 g/mol. The van der Waals surface area contributed by atoms with E-state index in [-0.39, 0.29) is 23.5 Å².